The highest BCUT2D eigenvalue weighted by molar-refractivity contribution is 6.10. The molecule has 1 fully saturated rings. The van der Waals surface area contributed by atoms with Crippen LogP contribution >= 0.6 is 0 Å². The SMILES string of the molecule is O=C(CCC(=O)N1CC(=O)Nc2ccccc21)NCC1CCCN1. The predicted octanol–water partition coefficient (Wildman–Crippen LogP) is 0.620. The number of carbonyl (C=O) groups is 3. The topological polar surface area (TPSA) is 90.5 Å². The van der Waals surface area contributed by atoms with Gasteiger partial charge in [0.15, 0.2) is 0 Å². The molecule has 24 heavy (non-hydrogen) atoms. The Morgan fingerprint density at radius 2 is 2.08 bits per heavy atom. The normalized spacial score (nSPS) is 19.6. The van der Waals surface area contributed by atoms with Crippen LogP contribution in [0.3, 0.4) is 0 Å². The van der Waals surface area contributed by atoms with E-state index in [4.69, 9.17) is 0 Å². The summed E-state index contributed by atoms with van der Waals surface area (Å²) >= 11 is 0. The minimum Gasteiger partial charge on any atom is -0.355 e. The van der Waals surface area contributed by atoms with Gasteiger partial charge in [0.25, 0.3) is 0 Å². The van der Waals surface area contributed by atoms with Gasteiger partial charge in [-0.3, -0.25) is 14.4 Å². The summed E-state index contributed by atoms with van der Waals surface area (Å²) < 4.78 is 0. The number of para-hydroxylation sites is 2. The molecule has 3 rings (SSSR count). The Morgan fingerprint density at radius 1 is 1.25 bits per heavy atom. The molecule has 2 aliphatic heterocycles. The molecule has 0 bridgehead atoms. The number of amides is 3. The van der Waals surface area contributed by atoms with Crippen molar-refractivity contribution < 1.29 is 14.4 Å². The summed E-state index contributed by atoms with van der Waals surface area (Å²) in [6, 6.07) is 7.50. The first kappa shape index (κ1) is 16.4. The molecule has 2 aliphatic rings. The zero-order chi connectivity index (χ0) is 16.9. The van der Waals surface area contributed by atoms with E-state index in [0.29, 0.717) is 24.0 Å². The van der Waals surface area contributed by atoms with Crippen LogP contribution in [0.4, 0.5) is 11.4 Å². The number of benzene rings is 1. The molecule has 0 aromatic heterocycles. The Kier molecular flexibility index (Phi) is 5.10. The van der Waals surface area contributed by atoms with Crippen LogP contribution in [0.1, 0.15) is 25.7 Å². The standard InChI is InChI=1S/C17H22N4O3/c22-15(19-10-12-4-3-9-18-12)7-8-17(24)21-11-16(23)20-13-5-1-2-6-14(13)21/h1-2,5-6,12,18H,3-4,7-11H2,(H,19,22)(H,20,23). The number of fused-ring (bicyclic) bond motifs is 1. The van der Waals surface area contributed by atoms with Crippen molar-refractivity contribution in [3.63, 3.8) is 0 Å². The summed E-state index contributed by atoms with van der Waals surface area (Å²) in [7, 11) is 0. The Balaban J connectivity index is 1.51. The summed E-state index contributed by atoms with van der Waals surface area (Å²) in [5.41, 5.74) is 1.30. The van der Waals surface area contributed by atoms with Crippen LogP contribution in [0, 0.1) is 0 Å². The van der Waals surface area contributed by atoms with Crippen LogP contribution in [0.25, 0.3) is 0 Å². The highest BCUT2D eigenvalue weighted by Crippen LogP contribution is 2.29. The summed E-state index contributed by atoms with van der Waals surface area (Å²) in [4.78, 5) is 37.5. The lowest BCUT2D eigenvalue weighted by Crippen LogP contribution is -2.42. The van der Waals surface area contributed by atoms with E-state index in [1.54, 1.807) is 18.2 Å². The quantitative estimate of drug-likeness (QED) is 0.738. The molecule has 1 aromatic rings. The maximum Gasteiger partial charge on any atom is 0.244 e. The Bertz CT molecular complexity index is 640. The third-order valence-corrected chi connectivity index (χ3v) is 4.35. The van der Waals surface area contributed by atoms with Crippen molar-refractivity contribution in [1.82, 2.24) is 10.6 Å². The van der Waals surface area contributed by atoms with Gasteiger partial charge in [-0.1, -0.05) is 12.1 Å². The van der Waals surface area contributed by atoms with Gasteiger partial charge in [0.2, 0.25) is 17.7 Å². The number of nitrogens with one attached hydrogen (secondary N) is 3. The summed E-state index contributed by atoms with van der Waals surface area (Å²) in [6.45, 7) is 1.58. The fraction of sp³-hybridized carbons (Fsp3) is 0.471. The Hall–Kier alpha value is -2.41. The monoisotopic (exact) mass is 330 g/mol. The van der Waals surface area contributed by atoms with Gasteiger partial charge in [0.05, 0.1) is 11.4 Å². The van der Waals surface area contributed by atoms with E-state index in [1.165, 1.54) is 4.90 Å². The van der Waals surface area contributed by atoms with Gasteiger partial charge in [0, 0.05) is 25.4 Å². The number of anilines is 2. The average molecular weight is 330 g/mol. The zero-order valence-corrected chi connectivity index (χ0v) is 13.5. The van der Waals surface area contributed by atoms with Crippen LogP contribution in [-0.4, -0.2) is 43.4 Å². The minimum atomic E-state index is -0.223. The lowest BCUT2D eigenvalue weighted by molar-refractivity contribution is -0.125. The fourth-order valence-corrected chi connectivity index (χ4v) is 3.07. The molecule has 2 heterocycles. The third-order valence-electron chi connectivity index (χ3n) is 4.35. The lowest BCUT2D eigenvalue weighted by Gasteiger charge is -2.29. The van der Waals surface area contributed by atoms with Crippen LogP contribution < -0.4 is 20.9 Å². The van der Waals surface area contributed by atoms with Crippen LogP contribution in [-0.2, 0) is 14.4 Å². The van der Waals surface area contributed by atoms with Gasteiger partial charge in [-0.25, -0.2) is 0 Å². The highest BCUT2D eigenvalue weighted by atomic mass is 16.2. The van der Waals surface area contributed by atoms with Gasteiger partial charge in [-0.2, -0.15) is 0 Å². The van der Waals surface area contributed by atoms with Crippen molar-refractivity contribution in [3.05, 3.63) is 24.3 Å². The molecule has 1 atom stereocenters. The molecule has 128 valence electrons. The largest absolute Gasteiger partial charge is 0.355 e. The molecule has 3 amide bonds. The maximum atomic E-state index is 12.4. The lowest BCUT2D eigenvalue weighted by atomic mass is 10.1. The van der Waals surface area contributed by atoms with E-state index in [-0.39, 0.29) is 37.1 Å². The van der Waals surface area contributed by atoms with Gasteiger partial charge < -0.3 is 20.9 Å². The number of rotatable bonds is 5. The number of nitrogens with zero attached hydrogens (tertiary/aromatic N) is 1. The van der Waals surface area contributed by atoms with E-state index in [2.05, 4.69) is 16.0 Å². The smallest absolute Gasteiger partial charge is 0.244 e. The molecule has 1 aromatic carbocycles. The van der Waals surface area contributed by atoms with Crippen molar-refractivity contribution in [3.8, 4) is 0 Å². The second-order valence-corrected chi connectivity index (χ2v) is 6.14. The van der Waals surface area contributed by atoms with Gasteiger partial charge in [-0.15, -0.1) is 0 Å². The summed E-state index contributed by atoms with van der Waals surface area (Å²) in [5, 5.41) is 8.91. The second-order valence-electron chi connectivity index (χ2n) is 6.14. The second kappa shape index (κ2) is 7.44. The van der Waals surface area contributed by atoms with Gasteiger partial charge in [0.1, 0.15) is 6.54 Å². The molecule has 1 saturated heterocycles. The Labute approximate surface area is 140 Å². The maximum absolute atomic E-state index is 12.4. The van der Waals surface area contributed by atoms with E-state index >= 15 is 0 Å². The number of hydrogen-bond acceptors (Lipinski definition) is 4. The first-order valence-electron chi connectivity index (χ1n) is 8.33. The van der Waals surface area contributed by atoms with Crippen molar-refractivity contribution in [1.29, 1.82) is 0 Å². The predicted molar refractivity (Wildman–Crippen MR) is 90.7 cm³/mol. The van der Waals surface area contributed by atoms with E-state index in [0.717, 1.165) is 19.4 Å². The number of hydrogen-bond donors (Lipinski definition) is 3. The average Bonchev–Trinajstić information content (AvgIpc) is 3.10. The molecule has 0 spiro atoms. The van der Waals surface area contributed by atoms with E-state index in [1.807, 2.05) is 6.07 Å². The van der Waals surface area contributed by atoms with Crippen molar-refractivity contribution >= 4 is 29.1 Å². The van der Waals surface area contributed by atoms with Gasteiger partial charge >= 0.3 is 0 Å². The molecule has 7 heteroatoms. The van der Waals surface area contributed by atoms with Crippen molar-refractivity contribution in [2.75, 3.05) is 29.9 Å². The molecule has 1 unspecified atom stereocenters. The molecule has 0 saturated carbocycles. The van der Waals surface area contributed by atoms with Crippen molar-refractivity contribution in [2.45, 2.75) is 31.7 Å². The van der Waals surface area contributed by atoms with Gasteiger partial charge in [-0.05, 0) is 31.5 Å². The van der Waals surface area contributed by atoms with Crippen LogP contribution in [0.5, 0.6) is 0 Å². The molecular weight excluding hydrogens is 308 g/mol. The van der Waals surface area contributed by atoms with Crippen molar-refractivity contribution in [2.24, 2.45) is 0 Å². The summed E-state index contributed by atoms with van der Waals surface area (Å²) in [6.07, 6.45) is 2.42. The molecule has 7 nitrogen and oxygen atoms in total. The first-order chi connectivity index (χ1) is 11.6. The van der Waals surface area contributed by atoms with E-state index in [9.17, 15) is 14.4 Å². The molecule has 0 aliphatic carbocycles. The van der Waals surface area contributed by atoms with E-state index < -0.39 is 0 Å². The summed E-state index contributed by atoms with van der Waals surface area (Å²) in [5.74, 6) is -0.572. The third kappa shape index (κ3) is 3.91. The first-order valence-corrected chi connectivity index (χ1v) is 8.33. The molecular formula is C17H22N4O3. The zero-order valence-electron chi connectivity index (χ0n) is 13.5. The molecule has 0 radical (unpaired) electrons. The minimum absolute atomic E-state index is 0.0105. The van der Waals surface area contributed by atoms with Crippen LogP contribution in [0.15, 0.2) is 24.3 Å². The molecule has 3 N–H and O–H groups in total. The van der Waals surface area contributed by atoms with Crippen LogP contribution in [0.2, 0.25) is 0 Å². The number of carbonyl (C=O) groups excluding carboxylic acids is 3. The highest BCUT2D eigenvalue weighted by Gasteiger charge is 2.26. The Morgan fingerprint density at radius 3 is 2.88 bits per heavy atom. The fourth-order valence-electron chi connectivity index (χ4n) is 3.07.